The maximum Gasteiger partial charge on any atom is 0.156 e. The molecule has 0 bridgehead atoms. The third-order valence-electron chi connectivity index (χ3n) is 10.8. The number of nitrogens with zero attached hydrogens (tertiary/aromatic N) is 4. The highest BCUT2D eigenvalue weighted by atomic mass is 19.1. The van der Waals surface area contributed by atoms with Gasteiger partial charge < -0.3 is 4.90 Å². The van der Waals surface area contributed by atoms with Crippen LogP contribution in [0.3, 0.4) is 0 Å². The molecule has 0 atom stereocenters. The summed E-state index contributed by atoms with van der Waals surface area (Å²) in [4.78, 5) is 13.6. The van der Waals surface area contributed by atoms with Crippen LogP contribution >= 0.6 is 0 Å². The van der Waals surface area contributed by atoms with Crippen molar-refractivity contribution < 1.29 is 4.39 Å². The van der Waals surface area contributed by atoms with Crippen molar-refractivity contribution >= 4 is 66.6 Å². The van der Waals surface area contributed by atoms with Gasteiger partial charge in [0.15, 0.2) is 5.82 Å². The van der Waals surface area contributed by atoms with Gasteiger partial charge in [-0.2, -0.15) is 0 Å². The number of benzene rings is 8. The molecule has 0 saturated heterocycles. The first-order valence-electron chi connectivity index (χ1n) is 17.6. The smallest absolute Gasteiger partial charge is 0.156 e. The van der Waals surface area contributed by atoms with Gasteiger partial charge in [-0.3, -0.25) is 9.88 Å². The summed E-state index contributed by atoms with van der Waals surface area (Å²) in [5, 5.41) is 6.82. The van der Waals surface area contributed by atoms with E-state index in [1.165, 1.54) is 33.7 Å². The summed E-state index contributed by atoms with van der Waals surface area (Å²) in [6.45, 7) is 4.59. The molecule has 0 unspecified atom stereocenters. The molecule has 52 heavy (non-hydrogen) atoms. The second-order valence-electron chi connectivity index (χ2n) is 14.0. The van der Waals surface area contributed by atoms with Gasteiger partial charge in [-0.25, -0.2) is 9.37 Å². The van der Waals surface area contributed by atoms with Crippen LogP contribution in [0.4, 0.5) is 38.6 Å². The van der Waals surface area contributed by atoms with Crippen molar-refractivity contribution in [3.05, 3.63) is 181 Å². The Balaban J connectivity index is 1.26. The van der Waals surface area contributed by atoms with Crippen LogP contribution in [0.15, 0.2) is 164 Å². The van der Waals surface area contributed by atoms with Crippen LogP contribution < -0.4 is 9.80 Å². The molecule has 5 heteroatoms. The van der Waals surface area contributed by atoms with E-state index in [2.05, 4.69) is 132 Å². The van der Waals surface area contributed by atoms with Crippen LogP contribution in [0, 0.1) is 5.82 Å². The number of para-hydroxylation sites is 1. The van der Waals surface area contributed by atoms with Gasteiger partial charge in [0.05, 0.1) is 23.3 Å². The first-order valence-corrected chi connectivity index (χ1v) is 17.6. The molecule has 10 rings (SSSR count). The fourth-order valence-electron chi connectivity index (χ4n) is 8.48. The Morgan fingerprint density at radius 2 is 1.17 bits per heavy atom. The third kappa shape index (κ3) is 4.45. The lowest BCUT2D eigenvalue weighted by atomic mass is 9.82. The van der Waals surface area contributed by atoms with Crippen molar-refractivity contribution in [2.45, 2.75) is 19.3 Å². The van der Waals surface area contributed by atoms with Crippen molar-refractivity contribution in [3.8, 4) is 11.1 Å². The summed E-state index contributed by atoms with van der Waals surface area (Å²) < 4.78 is 15.2. The standard InChI is InChI=1S/C47H33FN4/c1-47(2)38-15-7-6-14-35(38)46-39(47)16-9-17-42(46)51(34-13-8-10-32(48)28-34)40-24-20-30-19-23-37-41(25-21-31-18-22-36(40)44(30)45(31)37)52(33-11-4-3-5-12-33)43-29-49-26-27-50-43/h3-29H,1-2H3. The normalized spacial score (nSPS) is 13.1. The Labute approximate surface area is 301 Å². The maximum absolute atomic E-state index is 15.2. The lowest BCUT2D eigenvalue weighted by molar-refractivity contribution is 0.628. The molecule has 0 radical (unpaired) electrons. The molecular weight excluding hydrogens is 640 g/mol. The maximum atomic E-state index is 15.2. The molecule has 0 fully saturated rings. The highest BCUT2D eigenvalue weighted by Crippen LogP contribution is 2.55. The Hall–Kier alpha value is -6.59. The third-order valence-corrected chi connectivity index (χ3v) is 10.8. The number of hydrogen-bond donors (Lipinski definition) is 0. The second-order valence-corrected chi connectivity index (χ2v) is 14.0. The zero-order chi connectivity index (χ0) is 35.0. The Kier molecular flexibility index (Phi) is 6.67. The van der Waals surface area contributed by atoms with E-state index in [-0.39, 0.29) is 11.2 Å². The topological polar surface area (TPSA) is 32.3 Å². The summed E-state index contributed by atoms with van der Waals surface area (Å²) in [6, 6.07) is 50.1. The van der Waals surface area contributed by atoms with Crippen LogP contribution in [0.1, 0.15) is 25.0 Å². The molecular formula is C47H33FN4. The SMILES string of the molecule is CC1(C)c2ccccc2-c2c(N(c3cccc(F)c3)c3ccc4ccc5c(N(c6ccccc6)c6cnccn6)ccc6ccc3c4c65)cccc21. The van der Waals surface area contributed by atoms with Crippen molar-refractivity contribution in [3.63, 3.8) is 0 Å². The molecule has 1 aliphatic rings. The van der Waals surface area contributed by atoms with Gasteiger partial charge >= 0.3 is 0 Å². The van der Waals surface area contributed by atoms with Gasteiger partial charge in [-0.05, 0) is 86.8 Å². The number of anilines is 6. The summed E-state index contributed by atoms with van der Waals surface area (Å²) in [5.74, 6) is 0.464. The van der Waals surface area contributed by atoms with E-state index in [0.717, 1.165) is 61.2 Å². The molecule has 0 saturated carbocycles. The van der Waals surface area contributed by atoms with Crippen LogP contribution in [-0.4, -0.2) is 9.97 Å². The van der Waals surface area contributed by atoms with Crippen LogP contribution in [0.5, 0.6) is 0 Å². The van der Waals surface area contributed by atoms with Crippen LogP contribution in [-0.2, 0) is 5.41 Å². The molecule has 1 heterocycles. The van der Waals surface area contributed by atoms with Gasteiger partial charge in [0.25, 0.3) is 0 Å². The number of halogens is 1. The average Bonchev–Trinajstić information content (AvgIpc) is 3.42. The summed E-state index contributed by atoms with van der Waals surface area (Å²) in [7, 11) is 0. The first-order chi connectivity index (χ1) is 25.5. The molecule has 0 aliphatic heterocycles. The van der Waals surface area contributed by atoms with E-state index >= 15 is 4.39 Å². The zero-order valence-electron chi connectivity index (χ0n) is 28.8. The quantitative estimate of drug-likeness (QED) is 0.165. The summed E-state index contributed by atoms with van der Waals surface area (Å²) in [6.07, 6.45) is 5.23. The van der Waals surface area contributed by atoms with Crippen molar-refractivity contribution in [1.82, 2.24) is 9.97 Å². The fourth-order valence-corrected chi connectivity index (χ4v) is 8.48. The fraction of sp³-hybridized carbons (Fsp3) is 0.0638. The molecule has 1 aromatic heterocycles. The predicted molar refractivity (Wildman–Crippen MR) is 213 cm³/mol. The minimum Gasteiger partial charge on any atom is -0.309 e. The van der Waals surface area contributed by atoms with Gasteiger partial charge in [0, 0.05) is 45.5 Å². The van der Waals surface area contributed by atoms with Crippen molar-refractivity contribution in [1.29, 1.82) is 0 Å². The van der Waals surface area contributed by atoms with E-state index in [1.807, 2.05) is 24.3 Å². The minimum atomic E-state index is -0.275. The first kappa shape index (κ1) is 30.3. The molecule has 8 aromatic carbocycles. The predicted octanol–water partition coefficient (Wildman–Crippen LogP) is 12.8. The largest absolute Gasteiger partial charge is 0.309 e. The highest BCUT2D eigenvalue weighted by molar-refractivity contribution is 6.28. The molecule has 9 aromatic rings. The van der Waals surface area contributed by atoms with E-state index in [9.17, 15) is 0 Å². The van der Waals surface area contributed by atoms with Crippen molar-refractivity contribution in [2.24, 2.45) is 0 Å². The Morgan fingerprint density at radius 3 is 1.88 bits per heavy atom. The summed E-state index contributed by atoms with van der Waals surface area (Å²) in [5.41, 5.74) is 9.57. The number of fused-ring (bicyclic) bond motifs is 3. The van der Waals surface area contributed by atoms with Gasteiger partial charge in [0.2, 0.25) is 0 Å². The molecule has 0 spiro atoms. The monoisotopic (exact) mass is 672 g/mol. The molecule has 4 nitrogen and oxygen atoms in total. The lowest BCUT2D eigenvalue weighted by Crippen LogP contribution is -2.16. The van der Waals surface area contributed by atoms with Gasteiger partial charge in [-0.1, -0.05) is 111 Å². The molecule has 0 N–H and O–H groups in total. The average molecular weight is 673 g/mol. The number of rotatable bonds is 6. The van der Waals surface area contributed by atoms with Crippen LogP contribution in [0.25, 0.3) is 43.4 Å². The van der Waals surface area contributed by atoms with E-state index in [1.54, 1.807) is 30.7 Å². The second kappa shape index (κ2) is 11.5. The molecule has 1 aliphatic carbocycles. The van der Waals surface area contributed by atoms with E-state index in [4.69, 9.17) is 4.98 Å². The lowest BCUT2D eigenvalue weighted by Gasteiger charge is -2.30. The molecule has 248 valence electrons. The van der Waals surface area contributed by atoms with E-state index < -0.39 is 0 Å². The Morgan fingerprint density at radius 1 is 0.538 bits per heavy atom. The van der Waals surface area contributed by atoms with Crippen molar-refractivity contribution in [2.75, 3.05) is 9.80 Å². The number of aromatic nitrogens is 2. The Bertz CT molecular complexity index is 2760. The van der Waals surface area contributed by atoms with Gasteiger partial charge in [0.1, 0.15) is 5.82 Å². The highest BCUT2D eigenvalue weighted by Gasteiger charge is 2.38. The molecule has 0 amide bonds. The van der Waals surface area contributed by atoms with Gasteiger partial charge in [-0.15, -0.1) is 0 Å². The van der Waals surface area contributed by atoms with E-state index in [0.29, 0.717) is 0 Å². The zero-order valence-corrected chi connectivity index (χ0v) is 28.8. The summed E-state index contributed by atoms with van der Waals surface area (Å²) >= 11 is 0. The number of hydrogen-bond acceptors (Lipinski definition) is 4. The van der Waals surface area contributed by atoms with Crippen LogP contribution in [0.2, 0.25) is 0 Å². The minimum absolute atomic E-state index is 0.178.